The zero-order valence-electron chi connectivity index (χ0n) is 34.5. The molecular weight excluding hydrogens is 721 g/mol. The van der Waals surface area contributed by atoms with Crippen LogP contribution in [0.1, 0.15) is 49.9 Å². The van der Waals surface area contributed by atoms with E-state index in [0.29, 0.717) is 0 Å². The second kappa shape index (κ2) is 12.7. The minimum Gasteiger partial charge on any atom is -0.0622 e. The molecule has 10 aromatic rings. The molecular formula is C60H44. The highest BCUT2D eigenvalue weighted by atomic mass is 14.4. The van der Waals surface area contributed by atoms with Crippen LogP contribution in [0.2, 0.25) is 0 Å². The minimum atomic E-state index is -0.108. The molecule has 0 saturated heterocycles. The Balaban J connectivity index is 1.21. The molecule has 10 aromatic carbocycles. The summed E-state index contributed by atoms with van der Waals surface area (Å²) in [5, 5.41) is 7.55. The molecule has 0 atom stereocenters. The van der Waals surface area contributed by atoms with Crippen LogP contribution in [0.25, 0.3) is 99.1 Å². The van der Waals surface area contributed by atoms with Gasteiger partial charge in [0.25, 0.3) is 0 Å². The van der Waals surface area contributed by atoms with E-state index in [0.717, 1.165) is 0 Å². The van der Waals surface area contributed by atoms with Crippen LogP contribution in [0.15, 0.2) is 194 Å². The number of rotatable bonds is 4. The lowest BCUT2D eigenvalue weighted by Gasteiger charge is -2.24. The average molecular weight is 765 g/mol. The second-order valence-electron chi connectivity index (χ2n) is 18.0. The van der Waals surface area contributed by atoms with Crippen LogP contribution in [-0.2, 0) is 10.8 Å². The lowest BCUT2D eigenvalue weighted by atomic mass is 9.79. The molecule has 0 spiro atoms. The fourth-order valence-electron chi connectivity index (χ4n) is 11.1. The molecule has 0 nitrogen and oxygen atoms in total. The number of benzene rings is 10. The van der Waals surface area contributed by atoms with Crippen molar-refractivity contribution in [2.45, 2.75) is 38.5 Å². The van der Waals surface area contributed by atoms with Crippen LogP contribution < -0.4 is 0 Å². The number of hydrogen-bond acceptors (Lipinski definition) is 0. The number of fused-ring (bicyclic) bond motifs is 9. The molecule has 284 valence electrons. The Morgan fingerprint density at radius 1 is 0.250 bits per heavy atom. The molecule has 0 amide bonds. The minimum absolute atomic E-state index is 0.0813. The highest BCUT2D eigenvalue weighted by Gasteiger charge is 2.38. The molecule has 0 aliphatic heterocycles. The van der Waals surface area contributed by atoms with E-state index in [4.69, 9.17) is 0 Å². The van der Waals surface area contributed by atoms with Gasteiger partial charge >= 0.3 is 0 Å². The summed E-state index contributed by atoms with van der Waals surface area (Å²) in [6.07, 6.45) is 0. The van der Waals surface area contributed by atoms with E-state index >= 15 is 0 Å². The zero-order chi connectivity index (χ0) is 40.3. The Morgan fingerprint density at radius 2 is 0.750 bits per heavy atom. The SMILES string of the molecule is CC1(C)c2ccccc2-c2ccc(-c3ccc4c(-c5cc6ccccc6cc5-c5ccccc5)c5ccccc5c(-c5cccc6c5-c5ccccc5C6(C)C)c4c3)cc21. The van der Waals surface area contributed by atoms with Gasteiger partial charge in [-0.3, -0.25) is 0 Å². The first-order valence-electron chi connectivity index (χ1n) is 21.3. The summed E-state index contributed by atoms with van der Waals surface area (Å²) in [6, 6.07) is 73.2. The highest BCUT2D eigenvalue weighted by Crippen LogP contribution is 2.56. The Labute approximate surface area is 352 Å². The van der Waals surface area contributed by atoms with E-state index in [1.807, 2.05) is 0 Å². The summed E-state index contributed by atoms with van der Waals surface area (Å²) < 4.78 is 0. The largest absolute Gasteiger partial charge is 0.0622 e. The predicted molar refractivity (Wildman–Crippen MR) is 256 cm³/mol. The predicted octanol–water partition coefficient (Wildman–Crippen LogP) is 16.4. The third-order valence-electron chi connectivity index (χ3n) is 14.1. The van der Waals surface area contributed by atoms with E-state index in [-0.39, 0.29) is 10.8 Å². The number of hydrogen-bond donors (Lipinski definition) is 0. The first-order valence-corrected chi connectivity index (χ1v) is 21.3. The summed E-state index contributed by atoms with van der Waals surface area (Å²) in [4.78, 5) is 0. The van der Waals surface area contributed by atoms with Crippen molar-refractivity contribution in [3.63, 3.8) is 0 Å². The highest BCUT2D eigenvalue weighted by molar-refractivity contribution is 6.24. The van der Waals surface area contributed by atoms with Crippen molar-refractivity contribution in [3.05, 3.63) is 216 Å². The third-order valence-corrected chi connectivity index (χ3v) is 14.1. The molecule has 12 rings (SSSR count). The first kappa shape index (κ1) is 35.0. The molecule has 0 heteroatoms. The Morgan fingerprint density at radius 3 is 1.50 bits per heavy atom. The van der Waals surface area contributed by atoms with E-state index in [1.54, 1.807) is 0 Å². The standard InChI is InChI=1S/C60H44/c1-59(2)53-27-15-13-24-47(53)58-48(25-16-28-54(58)59)57-45-23-11-10-22-44(45)56(51-34-39-20-9-8-19-38(39)33-49(51)37-17-6-5-7-18-37)46-32-30-40(35-50(46)57)41-29-31-43-42-21-12-14-26-52(42)60(3,4)55(43)36-41/h5-36H,1-4H3. The van der Waals surface area contributed by atoms with Crippen LogP contribution in [0.4, 0.5) is 0 Å². The van der Waals surface area contributed by atoms with Gasteiger partial charge in [0.1, 0.15) is 0 Å². The van der Waals surface area contributed by atoms with Crippen LogP contribution >= 0.6 is 0 Å². The molecule has 0 radical (unpaired) electrons. The lowest BCUT2D eigenvalue weighted by Crippen LogP contribution is -2.14. The maximum absolute atomic E-state index is 2.51. The molecule has 2 aliphatic carbocycles. The summed E-state index contributed by atoms with van der Waals surface area (Å²) in [5.41, 5.74) is 20.8. The molecule has 0 aromatic heterocycles. The Kier molecular flexibility index (Phi) is 7.42. The van der Waals surface area contributed by atoms with Gasteiger partial charge < -0.3 is 0 Å². The molecule has 0 unspecified atom stereocenters. The maximum atomic E-state index is 2.51. The fourth-order valence-corrected chi connectivity index (χ4v) is 11.1. The van der Waals surface area contributed by atoms with Crippen LogP contribution in [0.3, 0.4) is 0 Å². The van der Waals surface area contributed by atoms with Crippen LogP contribution in [0, 0.1) is 0 Å². The van der Waals surface area contributed by atoms with Crippen molar-refractivity contribution in [2.24, 2.45) is 0 Å². The van der Waals surface area contributed by atoms with Gasteiger partial charge in [0, 0.05) is 10.8 Å². The van der Waals surface area contributed by atoms with E-state index in [1.165, 1.54) is 121 Å². The van der Waals surface area contributed by atoms with Crippen molar-refractivity contribution in [1.82, 2.24) is 0 Å². The quantitative estimate of drug-likeness (QED) is 0.157. The molecule has 0 fully saturated rings. The summed E-state index contributed by atoms with van der Waals surface area (Å²) in [6.45, 7) is 9.53. The Hall–Kier alpha value is -7.02. The van der Waals surface area contributed by atoms with Crippen molar-refractivity contribution < 1.29 is 0 Å². The summed E-state index contributed by atoms with van der Waals surface area (Å²) in [7, 11) is 0. The summed E-state index contributed by atoms with van der Waals surface area (Å²) in [5.74, 6) is 0. The first-order chi connectivity index (χ1) is 29.3. The second-order valence-corrected chi connectivity index (χ2v) is 18.0. The van der Waals surface area contributed by atoms with Gasteiger partial charge in [0.05, 0.1) is 0 Å². The molecule has 0 heterocycles. The normalized spacial score (nSPS) is 14.3. The molecule has 0 bridgehead atoms. The lowest BCUT2D eigenvalue weighted by molar-refractivity contribution is 0.660. The van der Waals surface area contributed by atoms with Gasteiger partial charge in [-0.25, -0.2) is 0 Å². The summed E-state index contributed by atoms with van der Waals surface area (Å²) >= 11 is 0. The molecule has 0 saturated carbocycles. The van der Waals surface area contributed by atoms with Gasteiger partial charge in [-0.15, -0.1) is 0 Å². The fraction of sp³-hybridized carbons (Fsp3) is 0.100. The Bertz CT molecular complexity index is 3410. The average Bonchev–Trinajstić information content (AvgIpc) is 3.67. The van der Waals surface area contributed by atoms with Crippen LogP contribution in [-0.4, -0.2) is 0 Å². The monoisotopic (exact) mass is 764 g/mol. The van der Waals surface area contributed by atoms with Gasteiger partial charge in [-0.05, 0) is 146 Å². The topological polar surface area (TPSA) is 0 Å². The van der Waals surface area contributed by atoms with E-state index in [2.05, 4.69) is 222 Å². The maximum Gasteiger partial charge on any atom is 0.0159 e. The van der Waals surface area contributed by atoms with E-state index < -0.39 is 0 Å². The van der Waals surface area contributed by atoms with Gasteiger partial charge in [-0.1, -0.05) is 198 Å². The van der Waals surface area contributed by atoms with Gasteiger partial charge in [0.15, 0.2) is 0 Å². The third kappa shape index (κ3) is 4.91. The van der Waals surface area contributed by atoms with Crippen molar-refractivity contribution in [2.75, 3.05) is 0 Å². The van der Waals surface area contributed by atoms with Crippen molar-refractivity contribution >= 4 is 32.3 Å². The smallest absolute Gasteiger partial charge is 0.0159 e. The zero-order valence-corrected chi connectivity index (χ0v) is 34.5. The van der Waals surface area contributed by atoms with Crippen molar-refractivity contribution in [1.29, 1.82) is 0 Å². The van der Waals surface area contributed by atoms with Gasteiger partial charge in [0.2, 0.25) is 0 Å². The van der Waals surface area contributed by atoms with Gasteiger partial charge in [-0.2, -0.15) is 0 Å². The van der Waals surface area contributed by atoms with Crippen LogP contribution in [0.5, 0.6) is 0 Å². The van der Waals surface area contributed by atoms with Crippen molar-refractivity contribution in [3.8, 4) is 66.8 Å². The molecule has 60 heavy (non-hydrogen) atoms. The van der Waals surface area contributed by atoms with E-state index in [9.17, 15) is 0 Å². The molecule has 0 N–H and O–H groups in total. The molecule has 2 aliphatic rings.